The summed E-state index contributed by atoms with van der Waals surface area (Å²) in [5.74, 6) is -3.56. The first-order valence-electron chi connectivity index (χ1n) is 5.77. The standard InChI is InChI=1S/C12H13ClF2N2O3/c1-7(13)5-6-16(2)12(18)10-8(14)3-4-9(11(10)15)17(19)20/h3-4,7H,5-6H2,1-2H3. The van der Waals surface area contributed by atoms with E-state index >= 15 is 0 Å². The number of hydrogen-bond acceptors (Lipinski definition) is 3. The van der Waals surface area contributed by atoms with Crippen LogP contribution in [-0.2, 0) is 0 Å². The molecule has 1 rings (SSSR count). The van der Waals surface area contributed by atoms with Crippen LogP contribution in [0.3, 0.4) is 0 Å². The molecule has 0 aliphatic heterocycles. The lowest BCUT2D eigenvalue weighted by Crippen LogP contribution is -2.30. The summed E-state index contributed by atoms with van der Waals surface area (Å²) < 4.78 is 27.4. The van der Waals surface area contributed by atoms with E-state index in [4.69, 9.17) is 11.6 Å². The van der Waals surface area contributed by atoms with Crippen molar-refractivity contribution in [1.29, 1.82) is 0 Å². The Balaban J connectivity index is 3.09. The van der Waals surface area contributed by atoms with Gasteiger partial charge in [0.2, 0.25) is 5.82 Å². The van der Waals surface area contributed by atoms with Gasteiger partial charge in [-0.3, -0.25) is 14.9 Å². The van der Waals surface area contributed by atoms with Crippen molar-refractivity contribution in [3.63, 3.8) is 0 Å². The molecule has 0 saturated heterocycles. The number of nitro groups is 1. The summed E-state index contributed by atoms with van der Waals surface area (Å²) in [5.41, 5.74) is -1.86. The van der Waals surface area contributed by atoms with Gasteiger partial charge in [0.1, 0.15) is 11.4 Å². The zero-order valence-electron chi connectivity index (χ0n) is 10.9. The smallest absolute Gasteiger partial charge is 0.305 e. The molecule has 0 bridgehead atoms. The molecule has 0 N–H and O–H groups in total. The number of rotatable bonds is 5. The molecule has 110 valence electrons. The Morgan fingerprint density at radius 2 is 2.10 bits per heavy atom. The fraction of sp³-hybridized carbons (Fsp3) is 0.417. The van der Waals surface area contributed by atoms with Gasteiger partial charge in [0.05, 0.1) is 4.92 Å². The lowest BCUT2D eigenvalue weighted by molar-refractivity contribution is -0.387. The van der Waals surface area contributed by atoms with Crippen molar-refractivity contribution >= 4 is 23.2 Å². The minimum absolute atomic E-state index is 0.186. The van der Waals surface area contributed by atoms with Gasteiger partial charge in [0, 0.05) is 25.0 Å². The lowest BCUT2D eigenvalue weighted by Gasteiger charge is -2.18. The van der Waals surface area contributed by atoms with Crippen molar-refractivity contribution < 1.29 is 18.5 Å². The molecule has 1 aromatic rings. The molecule has 0 spiro atoms. The molecule has 1 aromatic carbocycles. The molecule has 8 heteroatoms. The molecular weight excluding hydrogens is 294 g/mol. The third-order valence-corrected chi connectivity index (χ3v) is 2.91. The summed E-state index contributed by atoms with van der Waals surface area (Å²) in [6.07, 6.45) is 0.433. The van der Waals surface area contributed by atoms with Crippen molar-refractivity contribution in [2.75, 3.05) is 13.6 Å². The molecule has 0 aromatic heterocycles. The van der Waals surface area contributed by atoms with Crippen molar-refractivity contribution in [3.05, 3.63) is 39.4 Å². The highest BCUT2D eigenvalue weighted by Gasteiger charge is 2.28. The Bertz CT molecular complexity index is 538. The molecule has 1 unspecified atom stereocenters. The monoisotopic (exact) mass is 306 g/mol. The van der Waals surface area contributed by atoms with Gasteiger partial charge in [0.25, 0.3) is 5.91 Å². The third kappa shape index (κ3) is 3.63. The maximum absolute atomic E-state index is 13.8. The molecule has 1 amide bonds. The summed E-state index contributed by atoms with van der Waals surface area (Å²) in [6, 6.07) is 1.38. The summed E-state index contributed by atoms with van der Waals surface area (Å²) in [4.78, 5) is 22.6. The van der Waals surface area contributed by atoms with Crippen LogP contribution in [-0.4, -0.2) is 34.7 Å². The van der Waals surface area contributed by atoms with E-state index in [-0.39, 0.29) is 11.9 Å². The van der Waals surface area contributed by atoms with Crippen LogP contribution in [0, 0.1) is 21.7 Å². The molecule has 0 saturated carbocycles. The highest BCUT2D eigenvalue weighted by molar-refractivity contribution is 6.20. The zero-order valence-corrected chi connectivity index (χ0v) is 11.7. The Morgan fingerprint density at radius 3 is 2.60 bits per heavy atom. The number of amides is 1. The van der Waals surface area contributed by atoms with Crippen LogP contribution in [0.5, 0.6) is 0 Å². The molecule has 5 nitrogen and oxygen atoms in total. The van der Waals surface area contributed by atoms with E-state index in [2.05, 4.69) is 0 Å². The van der Waals surface area contributed by atoms with Crippen molar-refractivity contribution in [2.45, 2.75) is 18.7 Å². The van der Waals surface area contributed by atoms with Crippen LogP contribution in [0.1, 0.15) is 23.7 Å². The van der Waals surface area contributed by atoms with Gasteiger partial charge in [-0.15, -0.1) is 11.6 Å². The normalized spacial score (nSPS) is 12.1. The first kappa shape index (κ1) is 16.3. The van der Waals surface area contributed by atoms with Crippen LogP contribution in [0.15, 0.2) is 12.1 Å². The molecule has 0 aliphatic carbocycles. The van der Waals surface area contributed by atoms with Crippen molar-refractivity contribution in [2.24, 2.45) is 0 Å². The summed E-state index contributed by atoms with van der Waals surface area (Å²) in [5, 5.41) is 10.4. The van der Waals surface area contributed by atoms with Crippen LogP contribution >= 0.6 is 11.6 Å². The van der Waals surface area contributed by atoms with Crippen LogP contribution < -0.4 is 0 Å². The Labute approximate surface area is 119 Å². The van der Waals surface area contributed by atoms with Gasteiger partial charge in [-0.25, -0.2) is 4.39 Å². The minimum atomic E-state index is -1.47. The van der Waals surface area contributed by atoms with E-state index in [0.717, 1.165) is 4.90 Å². The van der Waals surface area contributed by atoms with Gasteiger partial charge >= 0.3 is 5.69 Å². The van der Waals surface area contributed by atoms with Crippen LogP contribution in [0.4, 0.5) is 14.5 Å². The topological polar surface area (TPSA) is 63.5 Å². The average Bonchev–Trinajstić information content (AvgIpc) is 2.35. The zero-order chi connectivity index (χ0) is 15.4. The second-order valence-corrected chi connectivity index (χ2v) is 5.05. The van der Waals surface area contributed by atoms with Gasteiger partial charge < -0.3 is 4.90 Å². The second-order valence-electron chi connectivity index (χ2n) is 4.31. The van der Waals surface area contributed by atoms with Gasteiger partial charge in [-0.05, 0) is 19.4 Å². The first-order valence-corrected chi connectivity index (χ1v) is 6.21. The average molecular weight is 307 g/mol. The van der Waals surface area contributed by atoms with Gasteiger partial charge in [0.15, 0.2) is 0 Å². The second kappa shape index (κ2) is 6.60. The van der Waals surface area contributed by atoms with Gasteiger partial charge in [-0.2, -0.15) is 4.39 Å². The molecule has 1 atom stereocenters. The quantitative estimate of drug-likeness (QED) is 0.477. The lowest BCUT2D eigenvalue weighted by atomic mass is 10.1. The third-order valence-electron chi connectivity index (χ3n) is 2.69. The van der Waals surface area contributed by atoms with Crippen LogP contribution in [0.25, 0.3) is 0 Å². The number of nitrogens with zero attached hydrogens (tertiary/aromatic N) is 2. The number of benzene rings is 1. The largest absolute Gasteiger partial charge is 0.341 e. The maximum Gasteiger partial charge on any atom is 0.305 e. The number of alkyl halides is 1. The van der Waals surface area contributed by atoms with E-state index in [1.165, 1.54) is 7.05 Å². The predicted molar refractivity (Wildman–Crippen MR) is 69.9 cm³/mol. The van der Waals surface area contributed by atoms with E-state index in [9.17, 15) is 23.7 Å². The fourth-order valence-corrected chi connectivity index (χ4v) is 1.64. The van der Waals surface area contributed by atoms with Gasteiger partial charge in [-0.1, -0.05) is 0 Å². The van der Waals surface area contributed by atoms with Crippen molar-refractivity contribution in [1.82, 2.24) is 4.90 Å². The number of carbonyl (C=O) groups excluding carboxylic acids is 1. The molecule has 20 heavy (non-hydrogen) atoms. The maximum atomic E-state index is 13.8. The van der Waals surface area contributed by atoms with E-state index in [1.807, 2.05) is 0 Å². The van der Waals surface area contributed by atoms with Crippen molar-refractivity contribution in [3.8, 4) is 0 Å². The molecule has 0 heterocycles. The Morgan fingerprint density at radius 1 is 1.50 bits per heavy atom. The first-order chi connectivity index (χ1) is 9.25. The van der Waals surface area contributed by atoms with E-state index < -0.39 is 33.7 Å². The summed E-state index contributed by atoms with van der Waals surface area (Å²) in [7, 11) is 1.35. The number of hydrogen-bond donors (Lipinski definition) is 0. The Hall–Kier alpha value is -1.76. The minimum Gasteiger partial charge on any atom is -0.341 e. The number of carbonyl (C=O) groups is 1. The summed E-state index contributed by atoms with van der Waals surface area (Å²) >= 11 is 5.73. The highest BCUT2D eigenvalue weighted by Crippen LogP contribution is 2.24. The van der Waals surface area contributed by atoms with E-state index in [0.29, 0.717) is 18.6 Å². The molecule has 0 radical (unpaired) electrons. The van der Waals surface area contributed by atoms with Crippen LogP contribution in [0.2, 0.25) is 0 Å². The summed E-state index contributed by atoms with van der Waals surface area (Å²) in [6.45, 7) is 1.90. The Kier molecular flexibility index (Phi) is 5.38. The molecule has 0 aliphatic rings. The number of nitro benzene ring substituents is 1. The SMILES string of the molecule is CC(Cl)CCN(C)C(=O)c1c(F)ccc([N+](=O)[O-])c1F. The highest BCUT2D eigenvalue weighted by atomic mass is 35.5. The number of halogens is 3. The molecular formula is C12H13ClF2N2O3. The fourth-order valence-electron chi connectivity index (χ4n) is 1.54. The molecule has 0 fully saturated rings. The predicted octanol–water partition coefficient (Wildman–Crippen LogP) is 2.96. The van der Waals surface area contributed by atoms with E-state index in [1.54, 1.807) is 6.92 Å².